The molecule has 0 aliphatic carbocycles. The summed E-state index contributed by atoms with van der Waals surface area (Å²) < 4.78 is 0. The van der Waals surface area contributed by atoms with Gasteiger partial charge < -0.3 is 14.8 Å². The maximum Gasteiger partial charge on any atom is 0.353 e. The van der Waals surface area contributed by atoms with E-state index < -0.39 is 12.1 Å². The van der Waals surface area contributed by atoms with Crippen LogP contribution in [-0.2, 0) is 21.0 Å². The topological polar surface area (TPSA) is 79.2 Å². The third-order valence-corrected chi connectivity index (χ3v) is 3.24. The summed E-state index contributed by atoms with van der Waals surface area (Å²) in [5.74, 6) is -1.42. The van der Waals surface area contributed by atoms with Gasteiger partial charge >= 0.3 is 5.97 Å². The van der Waals surface area contributed by atoms with Crippen LogP contribution in [-0.4, -0.2) is 40.7 Å². The van der Waals surface area contributed by atoms with Crippen LogP contribution in [0.1, 0.15) is 17.5 Å². The molecule has 1 heterocycles. The van der Waals surface area contributed by atoms with Crippen molar-refractivity contribution in [1.29, 1.82) is 0 Å². The summed E-state index contributed by atoms with van der Waals surface area (Å²) >= 11 is 0. The van der Waals surface area contributed by atoms with Crippen molar-refractivity contribution in [2.75, 3.05) is 7.05 Å². The zero-order chi connectivity index (χ0) is 14.7. The minimum absolute atomic E-state index is 0.00623. The Morgan fingerprint density at radius 2 is 2.15 bits per heavy atom. The monoisotopic (exact) mass is 276 g/mol. The predicted molar refractivity (Wildman–Crippen MR) is 72.2 cm³/mol. The first kappa shape index (κ1) is 14.0. The highest BCUT2D eigenvalue weighted by molar-refractivity contribution is 6.36. The second-order valence-corrected chi connectivity index (χ2v) is 4.76. The summed E-state index contributed by atoms with van der Waals surface area (Å²) in [5, 5.41) is 12.2. The molecule has 0 saturated carbocycles. The Morgan fingerprint density at radius 3 is 2.75 bits per heavy atom. The van der Waals surface area contributed by atoms with Gasteiger partial charge in [0.2, 0.25) is 6.10 Å². The van der Waals surface area contributed by atoms with E-state index in [1.54, 1.807) is 7.05 Å². The predicted octanol–water partition coefficient (Wildman–Crippen LogP) is 1.18. The summed E-state index contributed by atoms with van der Waals surface area (Å²) in [6, 6.07) is 7.78. The molecule has 6 heteroatoms. The van der Waals surface area contributed by atoms with Crippen LogP contribution in [0.15, 0.2) is 29.4 Å². The summed E-state index contributed by atoms with van der Waals surface area (Å²) in [6.07, 6.45) is -0.832. The van der Waals surface area contributed by atoms with Crippen LogP contribution in [0.4, 0.5) is 0 Å². The van der Waals surface area contributed by atoms with E-state index in [4.69, 9.17) is 9.94 Å². The van der Waals surface area contributed by atoms with Crippen LogP contribution in [0.3, 0.4) is 0 Å². The van der Waals surface area contributed by atoms with Gasteiger partial charge in [-0.25, -0.2) is 4.79 Å². The van der Waals surface area contributed by atoms with Crippen molar-refractivity contribution in [2.24, 2.45) is 5.16 Å². The number of likely N-dealkylation sites (N-methyl/N-ethyl adjacent to an activating group) is 1. The van der Waals surface area contributed by atoms with Crippen molar-refractivity contribution >= 4 is 17.6 Å². The maximum atomic E-state index is 12.2. The summed E-state index contributed by atoms with van der Waals surface area (Å²) in [6.45, 7) is 2.43. The van der Waals surface area contributed by atoms with Gasteiger partial charge in [0, 0.05) is 20.0 Å². The molecule has 1 aromatic rings. The van der Waals surface area contributed by atoms with Crippen molar-refractivity contribution in [1.82, 2.24) is 4.90 Å². The van der Waals surface area contributed by atoms with Gasteiger partial charge in [-0.05, 0) is 18.1 Å². The van der Waals surface area contributed by atoms with Gasteiger partial charge in [-0.1, -0.05) is 29.4 Å². The Kier molecular flexibility index (Phi) is 4.02. The van der Waals surface area contributed by atoms with Crippen LogP contribution in [0, 0.1) is 6.92 Å². The zero-order valence-electron chi connectivity index (χ0n) is 11.4. The lowest BCUT2D eigenvalue weighted by Gasteiger charge is -2.20. The molecule has 0 radical (unpaired) electrons. The van der Waals surface area contributed by atoms with Crippen molar-refractivity contribution in [3.63, 3.8) is 0 Å². The lowest BCUT2D eigenvalue weighted by atomic mass is 10.1. The molecule has 0 saturated heterocycles. The first-order valence-electron chi connectivity index (χ1n) is 6.24. The van der Waals surface area contributed by atoms with E-state index in [1.807, 2.05) is 31.2 Å². The molecule has 1 aliphatic rings. The molecule has 2 rings (SSSR count). The molecule has 0 fully saturated rings. The number of amides is 1. The number of carboxylic acids is 1. The number of aryl methyl sites for hydroxylation is 1. The average molecular weight is 276 g/mol. The van der Waals surface area contributed by atoms with Gasteiger partial charge in [0.05, 0.1) is 0 Å². The van der Waals surface area contributed by atoms with Crippen LogP contribution >= 0.6 is 0 Å². The molecule has 1 atom stereocenters. The number of rotatable bonds is 4. The second kappa shape index (κ2) is 5.73. The number of nitrogens with zero attached hydrogens (tertiary/aromatic N) is 2. The van der Waals surface area contributed by atoms with Gasteiger partial charge in [0.15, 0.2) is 5.71 Å². The SMILES string of the molecule is Cc1ccccc1CN(C)C(=O)C1CC(C(=O)O)=NO1. The van der Waals surface area contributed by atoms with E-state index in [9.17, 15) is 9.59 Å². The smallest absolute Gasteiger partial charge is 0.353 e. The number of benzene rings is 1. The Hall–Kier alpha value is -2.37. The lowest BCUT2D eigenvalue weighted by molar-refractivity contribution is -0.141. The maximum absolute atomic E-state index is 12.2. The molecule has 6 nitrogen and oxygen atoms in total. The second-order valence-electron chi connectivity index (χ2n) is 4.76. The molecule has 1 aliphatic heterocycles. The van der Waals surface area contributed by atoms with Crippen LogP contribution in [0.2, 0.25) is 0 Å². The highest BCUT2D eigenvalue weighted by atomic mass is 16.6. The first-order valence-corrected chi connectivity index (χ1v) is 6.24. The van der Waals surface area contributed by atoms with Crippen molar-refractivity contribution < 1.29 is 19.5 Å². The number of carbonyl (C=O) groups is 2. The molecule has 1 unspecified atom stereocenters. The van der Waals surface area contributed by atoms with E-state index in [-0.39, 0.29) is 18.0 Å². The fourth-order valence-corrected chi connectivity index (χ4v) is 2.00. The number of carboxylic acid groups (broad SMARTS) is 1. The van der Waals surface area contributed by atoms with Crippen LogP contribution in [0.5, 0.6) is 0 Å². The molecule has 20 heavy (non-hydrogen) atoms. The highest BCUT2D eigenvalue weighted by Gasteiger charge is 2.33. The summed E-state index contributed by atoms with van der Waals surface area (Å²) in [7, 11) is 1.66. The fourth-order valence-electron chi connectivity index (χ4n) is 2.00. The van der Waals surface area contributed by atoms with E-state index >= 15 is 0 Å². The molecule has 0 bridgehead atoms. The average Bonchev–Trinajstić information content (AvgIpc) is 2.90. The van der Waals surface area contributed by atoms with E-state index in [0.717, 1.165) is 11.1 Å². The summed E-state index contributed by atoms with van der Waals surface area (Å²) in [5.41, 5.74) is 2.02. The van der Waals surface area contributed by atoms with Crippen LogP contribution < -0.4 is 0 Å². The lowest BCUT2D eigenvalue weighted by Crippen LogP contribution is -2.36. The molecule has 0 aromatic heterocycles. The number of hydrogen-bond acceptors (Lipinski definition) is 4. The van der Waals surface area contributed by atoms with Gasteiger partial charge in [-0.15, -0.1) is 0 Å². The third kappa shape index (κ3) is 2.96. The summed E-state index contributed by atoms with van der Waals surface area (Å²) in [4.78, 5) is 29.3. The minimum Gasteiger partial charge on any atom is -0.477 e. The standard InChI is InChI=1S/C14H16N2O4/c1-9-5-3-4-6-10(9)8-16(2)13(17)12-7-11(14(18)19)15-20-12/h3-6,12H,7-8H2,1-2H3,(H,18,19). The third-order valence-electron chi connectivity index (χ3n) is 3.24. The quantitative estimate of drug-likeness (QED) is 0.895. The van der Waals surface area contributed by atoms with Gasteiger partial charge in [0.1, 0.15) is 0 Å². The van der Waals surface area contributed by atoms with Crippen LogP contribution in [0.25, 0.3) is 0 Å². The molecule has 1 N–H and O–H groups in total. The van der Waals surface area contributed by atoms with Crippen molar-refractivity contribution in [2.45, 2.75) is 26.0 Å². The normalized spacial score (nSPS) is 17.3. The molecule has 1 amide bonds. The molecular weight excluding hydrogens is 260 g/mol. The van der Waals surface area contributed by atoms with E-state index in [2.05, 4.69) is 5.16 Å². The Morgan fingerprint density at radius 1 is 1.45 bits per heavy atom. The van der Waals surface area contributed by atoms with E-state index in [0.29, 0.717) is 6.54 Å². The molecule has 0 spiro atoms. The molecular formula is C14H16N2O4. The molecule has 1 aromatic carbocycles. The largest absolute Gasteiger partial charge is 0.477 e. The Bertz CT molecular complexity index is 568. The Balaban J connectivity index is 1.97. The van der Waals surface area contributed by atoms with Gasteiger partial charge in [0.25, 0.3) is 5.91 Å². The first-order chi connectivity index (χ1) is 9.49. The van der Waals surface area contributed by atoms with Crippen molar-refractivity contribution in [3.8, 4) is 0 Å². The zero-order valence-corrected chi connectivity index (χ0v) is 11.4. The number of hydrogen-bond donors (Lipinski definition) is 1. The minimum atomic E-state index is -1.15. The van der Waals surface area contributed by atoms with Gasteiger partial charge in [-0.3, -0.25) is 4.79 Å². The number of oxime groups is 1. The number of carbonyl (C=O) groups excluding carboxylic acids is 1. The molecule has 106 valence electrons. The van der Waals surface area contributed by atoms with E-state index in [1.165, 1.54) is 4.90 Å². The Labute approximate surface area is 116 Å². The number of aliphatic carboxylic acids is 1. The van der Waals surface area contributed by atoms with Gasteiger partial charge in [-0.2, -0.15) is 0 Å². The fraction of sp³-hybridized carbons (Fsp3) is 0.357. The highest BCUT2D eigenvalue weighted by Crippen LogP contribution is 2.16. The van der Waals surface area contributed by atoms with Crippen molar-refractivity contribution in [3.05, 3.63) is 35.4 Å².